The Morgan fingerprint density at radius 2 is 1.11 bits per heavy atom. The molecule has 3 aromatic heterocycles. The monoisotopic (exact) mass is 794 g/mol. The van der Waals surface area contributed by atoms with Gasteiger partial charge in [-0.1, -0.05) is 146 Å². The minimum atomic E-state index is 0.384. The van der Waals surface area contributed by atoms with E-state index in [0.717, 1.165) is 36.2 Å². The van der Waals surface area contributed by atoms with Gasteiger partial charge < -0.3 is 13.7 Å². The quantitative estimate of drug-likeness (QED) is 0.166. The Bertz CT molecular complexity index is 3740. The lowest BCUT2D eigenvalue weighted by Gasteiger charge is -2.25. The molecule has 0 radical (unpaired) electrons. The van der Waals surface area contributed by atoms with E-state index in [1.807, 2.05) is 0 Å². The van der Waals surface area contributed by atoms with Crippen molar-refractivity contribution in [2.45, 2.75) is 26.2 Å². The predicted octanol–water partition coefficient (Wildman–Crippen LogP) is 15.2. The van der Waals surface area contributed by atoms with Crippen molar-refractivity contribution in [1.82, 2.24) is 13.7 Å². The van der Waals surface area contributed by atoms with Crippen LogP contribution in [0.25, 0.3) is 99.0 Å². The van der Waals surface area contributed by atoms with Crippen molar-refractivity contribution in [3.05, 3.63) is 205 Å². The van der Waals surface area contributed by atoms with Crippen LogP contribution in [-0.2, 0) is 0 Å². The van der Waals surface area contributed by atoms with Gasteiger partial charge in [0.25, 0.3) is 0 Å². The number of hydrogen-bond acceptors (Lipinski definition) is 1. The first-order chi connectivity index (χ1) is 30.7. The maximum Gasteiger partial charge on any atom is 0.0666 e. The third kappa shape index (κ3) is 5.16. The Hall–Kier alpha value is -7.69. The number of benzene rings is 8. The third-order valence-electron chi connectivity index (χ3n) is 13.5. The van der Waals surface area contributed by atoms with Crippen LogP contribution in [0.5, 0.6) is 0 Å². The van der Waals surface area contributed by atoms with E-state index in [4.69, 9.17) is 4.99 Å². The molecule has 0 amide bonds. The van der Waals surface area contributed by atoms with Gasteiger partial charge >= 0.3 is 0 Å². The maximum absolute atomic E-state index is 5.51. The third-order valence-corrected chi connectivity index (χ3v) is 13.5. The molecule has 8 aromatic carbocycles. The first kappa shape index (κ1) is 35.1. The van der Waals surface area contributed by atoms with Gasteiger partial charge in [0, 0.05) is 60.4 Å². The van der Waals surface area contributed by atoms with E-state index in [2.05, 4.69) is 215 Å². The molecule has 13 rings (SSSR count). The highest BCUT2D eigenvalue weighted by Gasteiger charge is 2.25. The highest BCUT2D eigenvalue weighted by molar-refractivity contribution is 6.26. The maximum atomic E-state index is 5.51. The number of aromatic nitrogens is 3. The standard InChI is InChI=1S/C58H42N4/c1-37-31-32-41(60-52-26-8-4-20-43(52)44-21-5-9-27-53(44)60)36-48(37)50-25-14-24-49(59-50)39-17-12-18-40(35-39)61-55-29-11-7-23-47(55)57-56(61)34-33-46-45-22-6-10-28-54(45)62(58(46)57)51-30-13-16-38-15-2-3-19-42(38)51/h2-13,15-24,26-30,32-37H,14,25,31H2,1H3. The molecule has 1 aliphatic heterocycles. The molecule has 1 atom stereocenters. The van der Waals surface area contributed by atoms with Crippen molar-refractivity contribution >= 4 is 93.3 Å². The number of para-hydroxylation sites is 4. The van der Waals surface area contributed by atoms with Crippen molar-refractivity contribution < 1.29 is 0 Å². The normalized spacial score (nSPS) is 15.9. The van der Waals surface area contributed by atoms with Crippen LogP contribution in [0.2, 0.25) is 0 Å². The van der Waals surface area contributed by atoms with Gasteiger partial charge in [0.1, 0.15) is 0 Å². The van der Waals surface area contributed by atoms with E-state index >= 15 is 0 Å². The van der Waals surface area contributed by atoms with E-state index in [-0.39, 0.29) is 0 Å². The molecular formula is C58H42N4. The molecular weight excluding hydrogens is 753 g/mol. The number of allylic oxidation sites excluding steroid dienone is 5. The topological polar surface area (TPSA) is 27.1 Å². The summed E-state index contributed by atoms with van der Waals surface area (Å²) in [5.74, 6) is 0.384. The number of aliphatic imine (C=N–C) groups is 1. The predicted molar refractivity (Wildman–Crippen MR) is 263 cm³/mol. The van der Waals surface area contributed by atoms with Crippen LogP contribution in [0, 0.1) is 5.92 Å². The lowest BCUT2D eigenvalue weighted by molar-refractivity contribution is 0.707. The molecule has 2 aliphatic rings. The van der Waals surface area contributed by atoms with Gasteiger partial charge in [0.15, 0.2) is 0 Å². The fourth-order valence-corrected chi connectivity index (χ4v) is 10.7. The average molecular weight is 795 g/mol. The largest absolute Gasteiger partial charge is 0.310 e. The van der Waals surface area contributed by atoms with Gasteiger partial charge in [-0.25, -0.2) is 0 Å². The summed E-state index contributed by atoms with van der Waals surface area (Å²) in [6, 6.07) is 64.5. The first-order valence-electron chi connectivity index (χ1n) is 21.9. The molecule has 0 fully saturated rings. The Morgan fingerprint density at radius 1 is 0.500 bits per heavy atom. The summed E-state index contributed by atoms with van der Waals surface area (Å²) in [6.07, 6.45) is 10.0. The van der Waals surface area contributed by atoms with E-state index < -0.39 is 0 Å². The van der Waals surface area contributed by atoms with Crippen molar-refractivity contribution in [2.24, 2.45) is 10.9 Å². The summed E-state index contributed by atoms with van der Waals surface area (Å²) in [5.41, 5.74) is 15.6. The zero-order valence-electron chi connectivity index (χ0n) is 34.5. The van der Waals surface area contributed by atoms with Crippen molar-refractivity contribution in [3.8, 4) is 11.4 Å². The highest BCUT2D eigenvalue weighted by atomic mass is 15.0. The lowest BCUT2D eigenvalue weighted by atomic mass is 9.86. The fraction of sp³-hybridized carbons (Fsp3) is 0.0862. The van der Waals surface area contributed by atoms with Crippen LogP contribution >= 0.6 is 0 Å². The Labute approximate surface area is 359 Å². The number of fused-ring (bicyclic) bond motifs is 11. The molecule has 0 saturated carbocycles. The summed E-state index contributed by atoms with van der Waals surface area (Å²) < 4.78 is 7.41. The van der Waals surface area contributed by atoms with Crippen LogP contribution in [0.15, 0.2) is 205 Å². The zero-order valence-corrected chi connectivity index (χ0v) is 34.5. The molecule has 0 N–H and O–H groups in total. The number of rotatable bonds is 5. The smallest absolute Gasteiger partial charge is 0.0666 e. The van der Waals surface area contributed by atoms with Gasteiger partial charge in [-0.15, -0.1) is 0 Å². The van der Waals surface area contributed by atoms with Crippen LogP contribution in [-0.4, -0.2) is 19.4 Å². The van der Waals surface area contributed by atoms with Gasteiger partial charge in [-0.05, 0) is 90.7 Å². The van der Waals surface area contributed by atoms with E-state index in [0.29, 0.717) is 5.92 Å². The summed E-state index contributed by atoms with van der Waals surface area (Å²) in [7, 11) is 0. The molecule has 11 aromatic rings. The second kappa shape index (κ2) is 13.7. The Kier molecular flexibility index (Phi) is 7.74. The molecule has 4 heterocycles. The van der Waals surface area contributed by atoms with Crippen molar-refractivity contribution in [3.63, 3.8) is 0 Å². The molecule has 0 saturated heterocycles. The second-order valence-corrected chi connectivity index (χ2v) is 17.0. The minimum Gasteiger partial charge on any atom is -0.310 e. The Balaban J connectivity index is 0.955. The molecule has 294 valence electrons. The summed E-state index contributed by atoms with van der Waals surface area (Å²) in [4.78, 5) is 5.51. The fourth-order valence-electron chi connectivity index (χ4n) is 10.7. The summed E-state index contributed by atoms with van der Waals surface area (Å²) >= 11 is 0. The van der Waals surface area contributed by atoms with Crippen molar-refractivity contribution in [1.29, 1.82) is 0 Å². The van der Waals surface area contributed by atoms with Gasteiger partial charge in [0.2, 0.25) is 0 Å². The van der Waals surface area contributed by atoms with E-state index in [1.54, 1.807) is 0 Å². The molecule has 0 bridgehead atoms. The first-order valence-corrected chi connectivity index (χ1v) is 21.9. The molecule has 1 unspecified atom stereocenters. The summed E-state index contributed by atoms with van der Waals surface area (Å²) in [6.45, 7) is 2.35. The molecule has 0 spiro atoms. The Morgan fingerprint density at radius 3 is 1.87 bits per heavy atom. The summed E-state index contributed by atoms with van der Waals surface area (Å²) in [5, 5.41) is 10.1. The average Bonchev–Trinajstić information content (AvgIpc) is 3.97. The number of nitrogens with zero attached hydrogens (tertiary/aromatic N) is 4. The van der Waals surface area contributed by atoms with Crippen LogP contribution in [0.1, 0.15) is 31.7 Å². The molecule has 1 aliphatic carbocycles. The van der Waals surface area contributed by atoms with Gasteiger partial charge in [0.05, 0.1) is 44.5 Å². The van der Waals surface area contributed by atoms with Gasteiger partial charge in [-0.2, -0.15) is 0 Å². The van der Waals surface area contributed by atoms with Crippen molar-refractivity contribution in [2.75, 3.05) is 0 Å². The zero-order chi connectivity index (χ0) is 40.9. The van der Waals surface area contributed by atoms with Crippen LogP contribution < -0.4 is 0 Å². The SMILES string of the molecule is CC1CC=C(n2c3ccccc3c3ccccc32)C=C1C1=NC(c2cccc(-n3c4ccccc4c4c3ccc3c5ccccc5n(-c5cccc6ccccc56)c34)c2)=CCC1. The molecule has 4 heteroatoms. The highest BCUT2D eigenvalue weighted by Crippen LogP contribution is 2.44. The van der Waals surface area contributed by atoms with Crippen LogP contribution in [0.3, 0.4) is 0 Å². The van der Waals surface area contributed by atoms with E-state index in [9.17, 15) is 0 Å². The minimum absolute atomic E-state index is 0.384. The second-order valence-electron chi connectivity index (χ2n) is 17.0. The molecule has 62 heavy (non-hydrogen) atoms. The van der Waals surface area contributed by atoms with Gasteiger partial charge in [-0.3, -0.25) is 4.99 Å². The van der Waals surface area contributed by atoms with Crippen LogP contribution in [0.4, 0.5) is 0 Å². The lowest BCUT2D eigenvalue weighted by Crippen LogP contribution is -2.16. The van der Waals surface area contributed by atoms with E-state index in [1.165, 1.54) is 98.9 Å². The molecule has 4 nitrogen and oxygen atoms in total. The number of hydrogen-bond donors (Lipinski definition) is 0.